The highest BCUT2D eigenvalue weighted by Crippen LogP contribution is 2.41. The molecule has 19 heavy (non-hydrogen) atoms. The number of rotatable bonds is 5. The van der Waals surface area contributed by atoms with E-state index in [9.17, 15) is 0 Å². The van der Waals surface area contributed by atoms with Crippen LogP contribution in [0.1, 0.15) is 50.0 Å². The molecule has 0 aliphatic heterocycles. The molecule has 2 fully saturated rings. The van der Waals surface area contributed by atoms with E-state index >= 15 is 0 Å². The molecule has 0 atom stereocenters. The number of methoxy groups -OCH3 is 1. The minimum atomic E-state index is 0.449. The van der Waals surface area contributed by atoms with Crippen molar-refractivity contribution < 1.29 is 9.57 Å². The second-order valence-electron chi connectivity index (χ2n) is 5.75. The van der Waals surface area contributed by atoms with Gasteiger partial charge in [0.05, 0.1) is 13.2 Å². The summed E-state index contributed by atoms with van der Waals surface area (Å²) in [6, 6.07) is 8.85. The average molecular weight is 261 g/mol. The number of para-hydroxylation sites is 1. The number of hydroxylamine groups is 1. The van der Waals surface area contributed by atoms with Crippen LogP contribution < -0.4 is 10.2 Å². The van der Waals surface area contributed by atoms with Gasteiger partial charge in [0.15, 0.2) is 0 Å². The first-order valence-electron chi connectivity index (χ1n) is 7.41. The zero-order valence-electron chi connectivity index (χ0n) is 11.6. The Morgan fingerprint density at radius 1 is 1.11 bits per heavy atom. The zero-order chi connectivity index (χ0) is 13.1. The molecular formula is C16H23NO2. The van der Waals surface area contributed by atoms with Gasteiger partial charge in [-0.25, -0.2) is 0 Å². The summed E-state index contributed by atoms with van der Waals surface area (Å²) >= 11 is 0. The van der Waals surface area contributed by atoms with E-state index in [0.717, 1.165) is 18.6 Å². The summed E-state index contributed by atoms with van der Waals surface area (Å²) in [4.78, 5) is 5.77. The van der Waals surface area contributed by atoms with E-state index in [1.54, 1.807) is 7.11 Å². The molecule has 0 aromatic heterocycles. The fraction of sp³-hybridized carbons (Fsp3) is 0.625. The quantitative estimate of drug-likeness (QED) is 0.824. The van der Waals surface area contributed by atoms with Crippen LogP contribution in [0.2, 0.25) is 0 Å². The number of hydrogen-bond donors (Lipinski definition) is 1. The van der Waals surface area contributed by atoms with E-state index in [0.29, 0.717) is 18.1 Å². The highest BCUT2D eigenvalue weighted by molar-refractivity contribution is 5.37. The Morgan fingerprint density at radius 2 is 1.84 bits per heavy atom. The smallest absolute Gasteiger partial charge is 0.122 e. The molecule has 0 unspecified atom stereocenters. The Balaban J connectivity index is 1.46. The van der Waals surface area contributed by atoms with Crippen LogP contribution >= 0.6 is 0 Å². The van der Waals surface area contributed by atoms with Gasteiger partial charge in [-0.05, 0) is 43.2 Å². The minimum absolute atomic E-state index is 0.449. The Bertz CT molecular complexity index is 409. The van der Waals surface area contributed by atoms with Crippen molar-refractivity contribution in [1.29, 1.82) is 0 Å². The maximum atomic E-state index is 5.77. The van der Waals surface area contributed by atoms with E-state index in [-0.39, 0.29) is 0 Å². The van der Waals surface area contributed by atoms with Gasteiger partial charge in [-0.2, -0.15) is 5.48 Å². The molecule has 2 aliphatic carbocycles. The Labute approximate surface area is 115 Å². The first-order valence-corrected chi connectivity index (χ1v) is 7.41. The second-order valence-corrected chi connectivity index (χ2v) is 5.75. The van der Waals surface area contributed by atoms with Gasteiger partial charge < -0.3 is 4.74 Å². The number of benzene rings is 1. The van der Waals surface area contributed by atoms with Crippen LogP contribution in [0.5, 0.6) is 5.75 Å². The molecule has 1 aromatic carbocycles. The van der Waals surface area contributed by atoms with Gasteiger partial charge in [-0.1, -0.05) is 31.0 Å². The first kappa shape index (κ1) is 12.9. The van der Waals surface area contributed by atoms with E-state index in [4.69, 9.17) is 9.57 Å². The van der Waals surface area contributed by atoms with Gasteiger partial charge in [-0.3, -0.25) is 4.84 Å². The van der Waals surface area contributed by atoms with Crippen LogP contribution in [-0.4, -0.2) is 19.3 Å². The van der Waals surface area contributed by atoms with Gasteiger partial charge in [0, 0.05) is 6.04 Å². The highest BCUT2D eigenvalue weighted by atomic mass is 16.7. The lowest BCUT2D eigenvalue weighted by atomic mass is 9.76. The van der Waals surface area contributed by atoms with Crippen molar-refractivity contribution in [1.82, 2.24) is 5.48 Å². The summed E-state index contributed by atoms with van der Waals surface area (Å²) < 4.78 is 5.43. The van der Waals surface area contributed by atoms with Crippen LogP contribution in [-0.2, 0) is 4.84 Å². The van der Waals surface area contributed by atoms with Crippen molar-refractivity contribution in [2.75, 3.05) is 7.11 Å². The molecule has 0 spiro atoms. The van der Waals surface area contributed by atoms with Gasteiger partial charge >= 0.3 is 0 Å². The molecule has 104 valence electrons. The van der Waals surface area contributed by atoms with Crippen molar-refractivity contribution in [3.05, 3.63) is 29.8 Å². The number of hydrogen-bond acceptors (Lipinski definition) is 3. The van der Waals surface area contributed by atoms with E-state index < -0.39 is 0 Å². The third kappa shape index (κ3) is 2.93. The lowest BCUT2D eigenvalue weighted by Gasteiger charge is -2.37. The van der Waals surface area contributed by atoms with Gasteiger partial charge in [0.2, 0.25) is 0 Å². The fourth-order valence-corrected chi connectivity index (χ4v) is 3.17. The lowest BCUT2D eigenvalue weighted by molar-refractivity contribution is -0.0576. The van der Waals surface area contributed by atoms with E-state index in [1.165, 1.54) is 31.2 Å². The van der Waals surface area contributed by atoms with Gasteiger partial charge in [0.25, 0.3) is 0 Å². The zero-order valence-corrected chi connectivity index (χ0v) is 11.6. The number of ether oxygens (including phenoxy) is 1. The van der Waals surface area contributed by atoms with Crippen LogP contribution in [0.4, 0.5) is 0 Å². The fourth-order valence-electron chi connectivity index (χ4n) is 3.17. The van der Waals surface area contributed by atoms with Crippen molar-refractivity contribution in [2.45, 2.75) is 56.6 Å². The first-order chi connectivity index (χ1) is 9.36. The molecule has 1 N–H and O–H groups in total. The third-order valence-corrected chi connectivity index (χ3v) is 4.42. The summed E-state index contributed by atoms with van der Waals surface area (Å²) in [5, 5.41) is 0. The van der Waals surface area contributed by atoms with Crippen molar-refractivity contribution in [3.8, 4) is 5.75 Å². The second kappa shape index (κ2) is 5.93. The van der Waals surface area contributed by atoms with E-state index in [1.807, 2.05) is 12.1 Å². The SMILES string of the molecule is COc1ccccc1C1CC(NOC2CCCC2)C1. The summed E-state index contributed by atoms with van der Waals surface area (Å²) in [7, 11) is 1.75. The third-order valence-electron chi connectivity index (χ3n) is 4.42. The molecule has 0 saturated heterocycles. The Morgan fingerprint density at radius 3 is 2.58 bits per heavy atom. The highest BCUT2D eigenvalue weighted by Gasteiger charge is 2.32. The Kier molecular flexibility index (Phi) is 4.04. The largest absolute Gasteiger partial charge is 0.496 e. The molecule has 1 aromatic rings. The van der Waals surface area contributed by atoms with E-state index in [2.05, 4.69) is 17.6 Å². The molecule has 0 amide bonds. The molecule has 3 rings (SSSR count). The van der Waals surface area contributed by atoms with Crippen LogP contribution in [0.25, 0.3) is 0 Å². The average Bonchev–Trinajstić information content (AvgIpc) is 2.90. The maximum absolute atomic E-state index is 5.77. The monoisotopic (exact) mass is 261 g/mol. The predicted molar refractivity (Wildman–Crippen MR) is 75.2 cm³/mol. The van der Waals surface area contributed by atoms with Crippen LogP contribution in [0, 0.1) is 0 Å². The molecule has 0 heterocycles. The van der Waals surface area contributed by atoms with Crippen molar-refractivity contribution >= 4 is 0 Å². The maximum Gasteiger partial charge on any atom is 0.122 e. The van der Waals surface area contributed by atoms with Crippen LogP contribution in [0.15, 0.2) is 24.3 Å². The van der Waals surface area contributed by atoms with Gasteiger partial charge in [0.1, 0.15) is 5.75 Å². The lowest BCUT2D eigenvalue weighted by Crippen LogP contribution is -2.41. The molecule has 3 heteroatoms. The van der Waals surface area contributed by atoms with Crippen molar-refractivity contribution in [3.63, 3.8) is 0 Å². The Hall–Kier alpha value is -1.06. The predicted octanol–water partition coefficient (Wildman–Crippen LogP) is 3.41. The van der Waals surface area contributed by atoms with Gasteiger partial charge in [-0.15, -0.1) is 0 Å². The molecule has 2 saturated carbocycles. The summed E-state index contributed by atoms with van der Waals surface area (Å²) in [6.07, 6.45) is 7.82. The molecule has 0 radical (unpaired) electrons. The van der Waals surface area contributed by atoms with Crippen LogP contribution in [0.3, 0.4) is 0 Å². The normalized spacial score (nSPS) is 27.2. The molecule has 0 bridgehead atoms. The molecule has 3 nitrogen and oxygen atoms in total. The topological polar surface area (TPSA) is 30.5 Å². The van der Waals surface area contributed by atoms with Crippen molar-refractivity contribution in [2.24, 2.45) is 0 Å². The molecule has 2 aliphatic rings. The minimum Gasteiger partial charge on any atom is -0.496 e. The summed E-state index contributed by atoms with van der Waals surface area (Å²) in [5.41, 5.74) is 4.59. The summed E-state index contributed by atoms with van der Waals surface area (Å²) in [5.74, 6) is 1.63. The molecular weight excluding hydrogens is 238 g/mol. The summed E-state index contributed by atoms with van der Waals surface area (Å²) in [6.45, 7) is 0. The standard InChI is InChI=1S/C16H23NO2/c1-18-16-9-5-4-8-15(16)12-10-13(11-12)17-19-14-6-2-3-7-14/h4-5,8-9,12-14,17H,2-3,6-7,10-11H2,1H3. The number of nitrogens with one attached hydrogen (secondary N) is 1.